The molecule has 2 aromatic carbocycles. The first-order chi connectivity index (χ1) is 13.9. The molecule has 1 N–H and O–H groups in total. The number of aryl methyl sites for hydroxylation is 4. The molecule has 29 heavy (non-hydrogen) atoms. The van der Waals surface area contributed by atoms with Gasteiger partial charge >= 0.3 is 0 Å². The molecule has 0 spiro atoms. The minimum atomic E-state index is -0.157. The average Bonchev–Trinajstić information content (AvgIpc) is 3.22. The zero-order chi connectivity index (χ0) is 20.5. The first-order valence-corrected chi connectivity index (χ1v) is 9.49. The minimum absolute atomic E-state index is 0.157. The number of nitrogens with zero attached hydrogens (tertiary/aromatic N) is 4. The molecule has 6 heteroatoms. The molecule has 0 aliphatic carbocycles. The third-order valence-electron chi connectivity index (χ3n) is 4.74. The van der Waals surface area contributed by atoms with Gasteiger partial charge in [-0.25, -0.2) is 9.36 Å². The van der Waals surface area contributed by atoms with E-state index in [1.54, 1.807) is 0 Å². The van der Waals surface area contributed by atoms with E-state index in [2.05, 4.69) is 15.5 Å². The number of carbonyl (C=O) groups excluding carboxylic acids is 1. The summed E-state index contributed by atoms with van der Waals surface area (Å²) in [5, 5.41) is 11.9. The van der Waals surface area contributed by atoms with Crippen LogP contribution in [-0.4, -0.2) is 25.5 Å². The van der Waals surface area contributed by atoms with Crippen LogP contribution in [0.1, 0.15) is 33.1 Å². The summed E-state index contributed by atoms with van der Waals surface area (Å²) in [6.45, 7) is 7.95. The number of anilines is 1. The Labute approximate surface area is 169 Å². The summed E-state index contributed by atoms with van der Waals surface area (Å²) in [6.07, 6.45) is 0. The van der Waals surface area contributed by atoms with Crippen LogP contribution in [-0.2, 0) is 0 Å². The second kappa shape index (κ2) is 7.39. The maximum atomic E-state index is 12.7. The van der Waals surface area contributed by atoms with Gasteiger partial charge in [-0.3, -0.25) is 4.79 Å². The smallest absolute Gasteiger partial charge is 0.255 e. The number of amides is 1. The second-order valence-electron chi connectivity index (χ2n) is 7.23. The van der Waals surface area contributed by atoms with Crippen molar-refractivity contribution in [2.24, 2.45) is 0 Å². The van der Waals surface area contributed by atoms with E-state index in [-0.39, 0.29) is 5.91 Å². The van der Waals surface area contributed by atoms with Crippen LogP contribution < -0.4 is 5.32 Å². The van der Waals surface area contributed by atoms with Crippen molar-refractivity contribution in [3.8, 4) is 11.4 Å². The van der Waals surface area contributed by atoms with Gasteiger partial charge in [-0.05, 0) is 82.3 Å². The van der Waals surface area contributed by atoms with E-state index in [4.69, 9.17) is 0 Å². The topological polar surface area (TPSA) is 64.7 Å². The zero-order valence-corrected chi connectivity index (χ0v) is 17.0. The number of aromatic nitrogens is 4. The van der Waals surface area contributed by atoms with Crippen LogP contribution in [0.2, 0.25) is 0 Å². The van der Waals surface area contributed by atoms with Crippen molar-refractivity contribution in [3.05, 3.63) is 89.0 Å². The Morgan fingerprint density at radius 2 is 1.34 bits per heavy atom. The first kappa shape index (κ1) is 18.7. The molecule has 4 rings (SSSR count). The van der Waals surface area contributed by atoms with E-state index in [9.17, 15) is 4.79 Å². The molecule has 0 aliphatic rings. The summed E-state index contributed by atoms with van der Waals surface area (Å²) < 4.78 is 3.74. The highest BCUT2D eigenvalue weighted by atomic mass is 16.1. The molecule has 0 radical (unpaired) electrons. The molecule has 4 aromatic rings. The summed E-state index contributed by atoms with van der Waals surface area (Å²) in [7, 11) is 0. The largest absolute Gasteiger partial charge is 0.322 e. The van der Waals surface area contributed by atoms with Gasteiger partial charge < -0.3 is 5.32 Å². The van der Waals surface area contributed by atoms with E-state index in [0.29, 0.717) is 5.56 Å². The van der Waals surface area contributed by atoms with E-state index >= 15 is 0 Å². The fourth-order valence-corrected chi connectivity index (χ4v) is 3.45. The highest BCUT2D eigenvalue weighted by Gasteiger charge is 2.10. The Morgan fingerprint density at radius 3 is 1.90 bits per heavy atom. The van der Waals surface area contributed by atoms with Crippen molar-refractivity contribution < 1.29 is 4.79 Å². The summed E-state index contributed by atoms with van der Waals surface area (Å²) in [5.74, 6) is -0.157. The Kier molecular flexibility index (Phi) is 4.76. The lowest BCUT2D eigenvalue weighted by molar-refractivity contribution is 0.102. The monoisotopic (exact) mass is 385 g/mol. The zero-order valence-electron chi connectivity index (χ0n) is 17.0. The van der Waals surface area contributed by atoms with Gasteiger partial charge in [0.05, 0.1) is 22.8 Å². The summed E-state index contributed by atoms with van der Waals surface area (Å²) in [6, 6.07) is 19.1. The molecule has 1 amide bonds. The molecule has 0 fully saturated rings. The molecule has 0 aliphatic heterocycles. The Bertz CT molecular complexity index is 1180. The average molecular weight is 385 g/mol. The molecule has 2 aromatic heterocycles. The third kappa shape index (κ3) is 3.82. The van der Waals surface area contributed by atoms with Crippen molar-refractivity contribution in [1.29, 1.82) is 0 Å². The first-order valence-electron chi connectivity index (χ1n) is 9.49. The van der Waals surface area contributed by atoms with Gasteiger partial charge in [-0.1, -0.05) is 6.07 Å². The molecular weight excluding hydrogens is 362 g/mol. The van der Waals surface area contributed by atoms with E-state index in [1.165, 1.54) is 0 Å². The van der Waals surface area contributed by atoms with Gasteiger partial charge in [0.15, 0.2) is 0 Å². The molecule has 0 atom stereocenters. The van der Waals surface area contributed by atoms with Crippen molar-refractivity contribution in [2.75, 3.05) is 5.32 Å². The lowest BCUT2D eigenvalue weighted by Crippen LogP contribution is -2.12. The van der Waals surface area contributed by atoms with Gasteiger partial charge in [0.25, 0.3) is 5.91 Å². The predicted octanol–water partition coefficient (Wildman–Crippen LogP) is 4.54. The van der Waals surface area contributed by atoms with Crippen molar-refractivity contribution in [1.82, 2.24) is 19.6 Å². The number of benzene rings is 2. The van der Waals surface area contributed by atoms with Crippen LogP contribution in [0, 0.1) is 27.7 Å². The van der Waals surface area contributed by atoms with Crippen molar-refractivity contribution in [2.45, 2.75) is 27.7 Å². The molecule has 0 saturated carbocycles. The molecule has 0 saturated heterocycles. The summed E-state index contributed by atoms with van der Waals surface area (Å²) >= 11 is 0. The van der Waals surface area contributed by atoms with Gasteiger partial charge in [0, 0.05) is 22.6 Å². The van der Waals surface area contributed by atoms with Gasteiger partial charge in [0.2, 0.25) is 0 Å². The van der Waals surface area contributed by atoms with Crippen molar-refractivity contribution in [3.63, 3.8) is 0 Å². The molecule has 6 nitrogen and oxygen atoms in total. The normalized spacial score (nSPS) is 10.9. The van der Waals surface area contributed by atoms with E-state index in [0.717, 1.165) is 39.8 Å². The molecule has 0 unspecified atom stereocenters. The molecule has 146 valence electrons. The molecule has 2 heterocycles. The lowest BCUT2D eigenvalue weighted by atomic mass is 10.2. The second-order valence-corrected chi connectivity index (χ2v) is 7.23. The Balaban J connectivity index is 1.53. The number of hydrogen-bond donors (Lipinski definition) is 1. The maximum Gasteiger partial charge on any atom is 0.255 e. The number of rotatable bonds is 4. The highest BCUT2D eigenvalue weighted by molar-refractivity contribution is 6.04. The van der Waals surface area contributed by atoms with Crippen molar-refractivity contribution >= 4 is 11.6 Å². The van der Waals surface area contributed by atoms with Gasteiger partial charge in [-0.2, -0.15) is 10.2 Å². The Hall–Kier alpha value is -3.67. The van der Waals surface area contributed by atoms with Gasteiger partial charge in [-0.15, -0.1) is 0 Å². The quantitative estimate of drug-likeness (QED) is 0.561. The van der Waals surface area contributed by atoms with E-state index < -0.39 is 0 Å². The summed E-state index contributed by atoms with van der Waals surface area (Å²) in [5.41, 5.74) is 7.18. The van der Waals surface area contributed by atoms with Crippen LogP contribution in [0.25, 0.3) is 11.4 Å². The predicted molar refractivity (Wildman–Crippen MR) is 114 cm³/mol. The van der Waals surface area contributed by atoms with Crippen LogP contribution >= 0.6 is 0 Å². The van der Waals surface area contributed by atoms with Gasteiger partial charge in [0.1, 0.15) is 0 Å². The number of carbonyl (C=O) groups is 1. The SMILES string of the molecule is Cc1cc(C)n(-c2ccc(C(=O)Nc3cccc(-n4nc(C)cc4C)c3)cc2)n1. The van der Waals surface area contributed by atoms with Crippen LogP contribution in [0.3, 0.4) is 0 Å². The van der Waals surface area contributed by atoms with Crippen LogP contribution in [0.4, 0.5) is 5.69 Å². The molecule has 0 bridgehead atoms. The highest BCUT2D eigenvalue weighted by Crippen LogP contribution is 2.18. The molecular formula is C23H23N5O. The lowest BCUT2D eigenvalue weighted by Gasteiger charge is -2.10. The third-order valence-corrected chi connectivity index (χ3v) is 4.74. The summed E-state index contributed by atoms with van der Waals surface area (Å²) in [4.78, 5) is 12.7. The fraction of sp³-hybridized carbons (Fsp3) is 0.174. The Morgan fingerprint density at radius 1 is 0.759 bits per heavy atom. The van der Waals surface area contributed by atoms with Crippen LogP contribution in [0.5, 0.6) is 0 Å². The number of nitrogens with one attached hydrogen (secondary N) is 1. The van der Waals surface area contributed by atoms with Crippen LogP contribution in [0.15, 0.2) is 60.7 Å². The fourth-order valence-electron chi connectivity index (χ4n) is 3.45. The maximum absolute atomic E-state index is 12.7. The minimum Gasteiger partial charge on any atom is -0.322 e. The van der Waals surface area contributed by atoms with E-state index in [1.807, 2.05) is 97.7 Å². The number of hydrogen-bond acceptors (Lipinski definition) is 3. The standard InChI is InChI=1S/C23H23N5O/c1-15-12-17(3)27(25-15)21-10-8-19(9-11-21)23(29)24-20-6-5-7-22(14-20)28-18(4)13-16(2)26-28/h5-14H,1-4H3,(H,24,29).